The molecule has 1 N–H and O–H groups in total. The van der Waals surface area contributed by atoms with E-state index in [1.807, 2.05) is 13.8 Å². The standard InChI is InChI=1S/C15H12ClFO2/c1-8-6-14(16)9(2)5-12(8)13-7-10(17)3-4-11(13)15(18)19/h3-7H,1-2H3,(H,18,19). The predicted molar refractivity (Wildman–Crippen MR) is 73.3 cm³/mol. The second-order valence-corrected chi connectivity index (χ2v) is 4.82. The van der Waals surface area contributed by atoms with Gasteiger partial charge in [0.1, 0.15) is 5.82 Å². The minimum absolute atomic E-state index is 0.0752. The van der Waals surface area contributed by atoms with Gasteiger partial charge in [-0.2, -0.15) is 0 Å². The van der Waals surface area contributed by atoms with Crippen LogP contribution in [0.25, 0.3) is 11.1 Å². The van der Waals surface area contributed by atoms with E-state index >= 15 is 0 Å². The van der Waals surface area contributed by atoms with Crippen molar-refractivity contribution in [3.63, 3.8) is 0 Å². The van der Waals surface area contributed by atoms with Gasteiger partial charge in [-0.05, 0) is 66.4 Å². The van der Waals surface area contributed by atoms with E-state index in [1.54, 1.807) is 12.1 Å². The molecule has 0 aliphatic heterocycles. The van der Waals surface area contributed by atoms with Gasteiger partial charge >= 0.3 is 5.97 Å². The van der Waals surface area contributed by atoms with Gasteiger partial charge in [0.2, 0.25) is 0 Å². The summed E-state index contributed by atoms with van der Waals surface area (Å²) in [5, 5.41) is 9.79. The lowest BCUT2D eigenvalue weighted by molar-refractivity contribution is 0.0697. The maximum Gasteiger partial charge on any atom is 0.336 e. The van der Waals surface area contributed by atoms with Crippen LogP contribution >= 0.6 is 11.6 Å². The Labute approximate surface area is 115 Å². The van der Waals surface area contributed by atoms with Gasteiger partial charge in [0.05, 0.1) is 5.56 Å². The third-order valence-electron chi connectivity index (χ3n) is 3.01. The summed E-state index contributed by atoms with van der Waals surface area (Å²) >= 11 is 6.02. The van der Waals surface area contributed by atoms with E-state index in [9.17, 15) is 14.3 Å². The first-order chi connectivity index (χ1) is 8.90. The molecule has 0 amide bonds. The van der Waals surface area contributed by atoms with Crippen molar-refractivity contribution in [1.82, 2.24) is 0 Å². The van der Waals surface area contributed by atoms with Crippen LogP contribution < -0.4 is 0 Å². The van der Waals surface area contributed by atoms with Crippen LogP contribution in [-0.4, -0.2) is 11.1 Å². The van der Waals surface area contributed by atoms with Crippen molar-refractivity contribution in [1.29, 1.82) is 0 Å². The van der Waals surface area contributed by atoms with E-state index in [-0.39, 0.29) is 5.56 Å². The predicted octanol–water partition coefficient (Wildman–Crippen LogP) is 4.46. The normalized spacial score (nSPS) is 10.5. The minimum Gasteiger partial charge on any atom is -0.478 e. The first-order valence-electron chi connectivity index (χ1n) is 5.70. The van der Waals surface area contributed by atoms with Gasteiger partial charge in [0, 0.05) is 5.02 Å². The van der Waals surface area contributed by atoms with Crippen LogP contribution in [0.2, 0.25) is 5.02 Å². The van der Waals surface area contributed by atoms with E-state index in [0.717, 1.165) is 17.2 Å². The summed E-state index contributed by atoms with van der Waals surface area (Å²) in [7, 11) is 0. The van der Waals surface area contributed by atoms with Crippen LogP contribution in [0.5, 0.6) is 0 Å². The van der Waals surface area contributed by atoms with E-state index in [0.29, 0.717) is 16.1 Å². The molecule has 2 nitrogen and oxygen atoms in total. The second kappa shape index (κ2) is 5.02. The number of carboxylic acids is 1. The molecule has 0 aromatic heterocycles. The highest BCUT2D eigenvalue weighted by molar-refractivity contribution is 6.31. The van der Waals surface area contributed by atoms with Gasteiger partial charge in [-0.25, -0.2) is 9.18 Å². The van der Waals surface area contributed by atoms with Crippen LogP contribution in [0.3, 0.4) is 0 Å². The van der Waals surface area contributed by atoms with Crippen LogP contribution in [0, 0.1) is 19.7 Å². The van der Waals surface area contributed by atoms with Crippen molar-refractivity contribution < 1.29 is 14.3 Å². The number of benzene rings is 2. The number of rotatable bonds is 2. The first kappa shape index (κ1) is 13.6. The zero-order valence-corrected chi connectivity index (χ0v) is 11.3. The molecule has 0 heterocycles. The molecule has 0 bridgehead atoms. The second-order valence-electron chi connectivity index (χ2n) is 4.41. The number of carbonyl (C=O) groups is 1. The lowest BCUT2D eigenvalue weighted by Gasteiger charge is -2.12. The molecule has 2 rings (SSSR count). The van der Waals surface area contributed by atoms with Crippen molar-refractivity contribution >= 4 is 17.6 Å². The van der Waals surface area contributed by atoms with Crippen LogP contribution in [0.1, 0.15) is 21.5 Å². The summed E-state index contributed by atoms with van der Waals surface area (Å²) in [6.07, 6.45) is 0. The third-order valence-corrected chi connectivity index (χ3v) is 3.42. The molecule has 0 saturated heterocycles. The Hall–Kier alpha value is -1.87. The molecule has 0 spiro atoms. The molecule has 0 aliphatic carbocycles. The fraction of sp³-hybridized carbons (Fsp3) is 0.133. The molecule has 0 atom stereocenters. The SMILES string of the molecule is Cc1cc(-c2cc(F)ccc2C(=O)O)c(C)cc1Cl. The highest BCUT2D eigenvalue weighted by atomic mass is 35.5. The van der Waals surface area contributed by atoms with Gasteiger partial charge in [0.15, 0.2) is 0 Å². The topological polar surface area (TPSA) is 37.3 Å². The number of aryl methyl sites for hydroxylation is 2. The quantitative estimate of drug-likeness (QED) is 0.880. The van der Waals surface area contributed by atoms with Crippen molar-refractivity contribution in [3.8, 4) is 11.1 Å². The summed E-state index contributed by atoms with van der Waals surface area (Å²) in [6.45, 7) is 3.64. The highest BCUT2D eigenvalue weighted by Gasteiger charge is 2.15. The van der Waals surface area contributed by atoms with Crippen molar-refractivity contribution in [2.45, 2.75) is 13.8 Å². The lowest BCUT2D eigenvalue weighted by atomic mass is 9.94. The van der Waals surface area contributed by atoms with Crippen LogP contribution in [-0.2, 0) is 0 Å². The van der Waals surface area contributed by atoms with Crippen molar-refractivity contribution in [2.24, 2.45) is 0 Å². The molecule has 0 radical (unpaired) electrons. The number of hydrogen-bond acceptors (Lipinski definition) is 1. The smallest absolute Gasteiger partial charge is 0.336 e. The summed E-state index contributed by atoms with van der Waals surface area (Å²) < 4.78 is 13.4. The Balaban J connectivity index is 2.74. The van der Waals surface area contributed by atoms with Gasteiger partial charge in [-0.15, -0.1) is 0 Å². The van der Waals surface area contributed by atoms with Gasteiger partial charge in [-0.1, -0.05) is 11.6 Å². The van der Waals surface area contributed by atoms with Gasteiger partial charge in [-0.3, -0.25) is 0 Å². The van der Waals surface area contributed by atoms with Gasteiger partial charge < -0.3 is 5.11 Å². The molecule has 0 aliphatic rings. The maximum absolute atomic E-state index is 13.4. The summed E-state index contributed by atoms with van der Waals surface area (Å²) in [4.78, 5) is 11.2. The number of carboxylic acid groups (broad SMARTS) is 1. The molecular formula is C15H12ClFO2. The fourth-order valence-corrected chi connectivity index (χ4v) is 2.22. The zero-order valence-electron chi connectivity index (χ0n) is 10.5. The van der Waals surface area contributed by atoms with Crippen molar-refractivity contribution in [3.05, 3.63) is 57.9 Å². The average molecular weight is 279 g/mol. The molecule has 98 valence electrons. The maximum atomic E-state index is 13.4. The largest absolute Gasteiger partial charge is 0.478 e. The summed E-state index contributed by atoms with van der Waals surface area (Å²) in [5.74, 6) is -1.55. The molecule has 4 heteroatoms. The fourth-order valence-electron chi connectivity index (χ4n) is 2.00. The average Bonchev–Trinajstić information content (AvgIpc) is 2.33. The summed E-state index contributed by atoms with van der Waals surface area (Å²) in [6, 6.07) is 7.18. The Morgan fingerprint density at radius 2 is 1.79 bits per heavy atom. The first-order valence-corrected chi connectivity index (χ1v) is 6.08. The van der Waals surface area contributed by atoms with Gasteiger partial charge in [0.25, 0.3) is 0 Å². The molecular weight excluding hydrogens is 267 g/mol. The Morgan fingerprint density at radius 1 is 1.11 bits per heavy atom. The molecule has 19 heavy (non-hydrogen) atoms. The molecule has 0 fully saturated rings. The summed E-state index contributed by atoms with van der Waals surface area (Å²) in [5.41, 5.74) is 2.75. The van der Waals surface area contributed by atoms with Crippen LogP contribution in [0.15, 0.2) is 30.3 Å². The zero-order chi connectivity index (χ0) is 14.2. The van der Waals surface area contributed by atoms with E-state index in [2.05, 4.69) is 0 Å². The van der Waals surface area contributed by atoms with Crippen LogP contribution in [0.4, 0.5) is 4.39 Å². The van der Waals surface area contributed by atoms with Crippen molar-refractivity contribution in [2.75, 3.05) is 0 Å². The molecule has 0 saturated carbocycles. The molecule has 2 aromatic carbocycles. The molecule has 2 aromatic rings. The third kappa shape index (κ3) is 2.61. The Kier molecular flexibility index (Phi) is 3.58. The number of hydrogen-bond donors (Lipinski definition) is 1. The Morgan fingerprint density at radius 3 is 2.42 bits per heavy atom. The number of halogens is 2. The van der Waals surface area contributed by atoms with E-state index in [4.69, 9.17) is 11.6 Å². The molecule has 0 unspecified atom stereocenters. The monoisotopic (exact) mass is 278 g/mol. The highest BCUT2D eigenvalue weighted by Crippen LogP contribution is 2.31. The minimum atomic E-state index is -1.08. The van der Waals surface area contributed by atoms with E-state index < -0.39 is 11.8 Å². The van der Waals surface area contributed by atoms with E-state index in [1.165, 1.54) is 12.1 Å². The Bertz CT molecular complexity index is 665. The number of aromatic carboxylic acids is 1. The lowest BCUT2D eigenvalue weighted by Crippen LogP contribution is -2.01.